The number of carbonyl (C=O) groups is 2. The lowest BCUT2D eigenvalue weighted by atomic mass is 10.0. The molecule has 27 heavy (non-hydrogen) atoms. The maximum atomic E-state index is 14.6. The van der Waals surface area contributed by atoms with E-state index in [9.17, 15) is 18.4 Å². The minimum absolute atomic E-state index is 0.0162. The number of carboxylic acids is 1. The highest BCUT2D eigenvalue weighted by Crippen LogP contribution is 2.33. The average Bonchev–Trinajstić information content (AvgIpc) is 3.14. The zero-order valence-electron chi connectivity index (χ0n) is 16.7. The number of benzene rings is 2. The quantitative estimate of drug-likeness (QED) is 0.836. The maximum Gasteiger partial charge on any atom is 0.334 e. The predicted molar refractivity (Wildman–Crippen MR) is 92.5 cm³/mol. The number of nitrogens with one attached hydrogen (secondary N) is 1. The molecule has 1 aliphatic heterocycles. The second-order valence-corrected chi connectivity index (χ2v) is 5.62. The molecule has 0 aliphatic carbocycles. The molecule has 3 rings (SSSR count). The van der Waals surface area contributed by atoms with Crippen LogP contribution in [-0.2, 0) is 14.3 Å². The Kier molecular flexibility index (Phi) is 4.15. The third-order valence-corrected chi connectivity index (χ3v) is 3.98. The number of methoxy groups -OCH3 is 1. The first kappa shape index (κ1) is 14.9. The number of para-hydroxylation sites is 1. The highest BCUT2D eigenvalue weighted by Gasteiger charge is 2.27. The van der Waals surface area contributed by atoms with Gasteiger partial charge in [-0.3, -0.25) is 4.79 Å². The zero-order valence-corrected chi connectivity index (χ0v) is 13.7. The molecule has 140 valence electrons. The SMILES string of the molecule is [2H]C([2H])([2H])Oc1ccccc1-c1cc(F)c(NC(=O)C2=C(C(=O)O)COC2)c(F)c1. The van der Waals surface area contributed by atoms with E-state index < -0.39 is 36.2 Å². The van der Waals surface area contributed by atoms with Crippen molar-refractivity contribution in [2.45, 2.75) is 0 Å². The minimum Gasteiger partial charge on any atom is -0.496 e. The largest absolute Gasteiger partial charge is 0.496 e. The highest BCUT2D eigenvalue weighted by molar-refractivity contribution is 6.09. The summed E-state index contributed by atoms with van der Waals surface area (Å²) in [6.45, 7) is -0.586. The van der Waals surface area contributed by atoms with Crippen LogP contribution in [0.5, 0.6) is 5.75 Å². The van der Waals surface area contributed by atoms with E-state index >= 15 is 0 Å². The molecule has 0 fully saturated rings. The smallest absolute Gasteiger partial charge is 0.334 e. The number of rotatable bonds is 5. The van der Waals surface area contributed by atoms with Crippen LogP contribution in [0.4, 0.5) is 14.5 Å². The number of amides is 1. The van der Waals surface area contributed by atoms with Gasteiger partial charge in [-0.2, -0.15) is 0 Å². The lowest BCUT2D eigenvalue weighted by molar-refractivity contribution is -0.133. The fourth-order valence-corrected chi connectivity index (χ4v) is 2.65. The fourth-order valence-electron chi connectivity index (χ4n) is 2.65. The number of hydrogen-bond donors (Lipinski definition) is 2. The summed E-state index contributed by atoms with van der Waals surface area (Å²) < 4.78 is 60.6. The molecular formula is C19H15F2NO5. The van der Waals surface area contributed by atoms with Gasteiger partial charge in [0.25, 0.3) is 5.91 Å². The number of anilines is 1. The summed E-state index contributed by atoms with van der Waals surface area (Å²) in [7, 11) is -2.76. The average molecular weight is 378 g/mol. The number of carboxylic acid groups (broad SMARTS) is 1. The van der Waals surface area contributed by atoms with Crippen molar-refractivity contribution in [3.8, 4) is 16.9 Å². The van der Waals surface area contributed by atoms with Gasteiger partial charge in [-0.05, 0) is 23.8 Å². The summed E-state index contributed by atoms with van der Waals surface area (Å²) in [5, 5.41) is 11.1. The Morgan fingerprint density at radius 3 is 2.52 bits per heavy atom. The summed E-state index contributed by atoms with van der Waals surface area (Å²) in [5.74, 6) is -4.74. The maximum absolute atomic E-state index is 14.6. The van der Waals surface area contributed by atoms with Crippen LogP contribution in [-0.4, -0.2) is 37.2 Å². The van der Waals surface area contributed by atoms with Crippen LogP contribution in [0.25, 0.3) is 11.1 Å². The second-order valence-electron chi connectivity index (χ2n) is 5.62. The predicted octanol–water partition coefficient (Wildman–Crippen LogP) is 2.99. The second kappa shape index (κ2) is 7.55. The summed E-state index contributed by atoms with van der Waals surface area (Å²) in [6, 6.07) is 7.60. The molecule has 2 aromatic carbocycles. The molecule has 0 saturated heterocycles. The van der Waals surface area contributed by atoms with Gasteiger partial charge in [-0.1, -0.05) is 18.2 Å². The molecule has 0 bridgehead atoms. The Morgan fingerprint density at radius 2 is 1.85 bits per heavy atom. The molecule has 2 aromatic rings. The van der Waals surface area contributed by atoms with Crippen LogP contribution < -0.4 is 10.1 Å². The van der Waals surface area contributed by atoms with E-state index in [-0.39, 0.29) is 41.2 Å². The first-order valence-electron chi connectivity index (χ1n) is 9.18. The molecule has 0 aromatic heterocycles. The molecule has 1 amide bonds. The van der Waals surface area contributed by atoms with Crippen molar-refractivity contribution >= 4 is 17.6 Å². The van der Waals surface area contributed by atoms with Crippen molar-refractivity contribution in [3.63, 3.8) is 0 Å². The van der Waals surface area contributed by atoms with Crippen molar-refractivity contribution in [2.75, 3.05) is 25.6 Å². The monoisotopic (exact) mass is 378 g/mol. The van der Waals surface area contributed by atoms with E-state index in [1.807, 2.05) is 5.32 Å². The van der Waals surface area contributed by atoms with Crippen LogP contribution in [0.2, 0.25) is 0 Å². The van der Waals surface area contributed by atoms with E-state index in [0.29, 0.717) is 0 Å². The molecule has 2 N–H and O–H groups in total. The van der Waals surface area contributed by atoms with Gasteiger partial charge < -0.3 is 19.9 Å². The molecule has 1 heterocycles. The summed E-state index contributed by atoms with van der Waals surface area (Å²) >= 11 is 0. The third kappa shape index (κ3) is 3.65. The van der Waals surface area contributed by atoms with Gasteiger partial charge in [0.1, 0.15) is 23.1 Å². The van der Waals surface area contributed by atoms with Gasteiger partial charge in [-0.15, -0.1) is 0 Å². The van der Waals surface area contributed by atoms with Crippen LogP contribution in [0.3, 0.4) is 0 Å². The molecule has 6 nitrogen and oxygen atoms in total. The van der Waals surface area contributed by atoms with Crippen molar-refractivity contribution in [3.05, 3.63) is 59.2 Å². The number of ether oxygens (including phenoxy) is 2. The van der Waals surface area contributed by atoms with Crippen molar-refractivity contribution in [1.29, 1.82) is 0 Å². The Morgan fingerprint density at radius 1 is 1.19 bits per heavy atom. The molecule has 8 heteroatoms. The summed E-state index contributed by atoms with van der Waals surface area (Å²) in [4.78, 5) is 23.4. The topological polar surface area (TPSA) is 84.9 Å². The lowest BCUT2D eigenvalue weighted by Crippen LogP contribution is -2.20. The lowest BCUT2D eigenvalue weighted by Gasteiger charge is -2.12. The molecule has 0 radical (unpaired) electrons. The van der Waals surface area contributed by atoms with Gasteiger partial charge >= 0.3 is 5.97 Å². The van der Waals surface area contributed by atoms with Crippen LogP contribution >= 0.6 is 0 Å². The molecular weight excluding hydrogens is 360 g/mol. The molecule has 0 atom stereocenters. The van der Waals surface area contributed by atoms with Gasteiger partial charge in [0.15, 0.2) is 0 Å². The van der Waals surface area contributed by atoms with E-state index in [2.05, 4.69) is 0 Å². The Labute approximate surface area is 157 Å². The molecule has 0 saturated carbocycles. The highest BCUT2D eigenvalue weighted by atomic mass is 19.1. The molecule has 1 aliphatic rings. The third-order valence-electron chi connectivity index (χ3n) is 3.98. The first-order valence-corrected chi connectivity index (χ1v) is 7.68. The Balaban J connectivity index is 1.93. The summed E-state index contributed by atoms with van der Waals surface area (Å²) in [6.07, 6.45) is 0. The van der Waals surface area contributed by atoms with Crippen molar-refractivity contribution in [2.24, 2.45) is 0 Å². The minimum atomic E-state index is -2.76. The van der Waals surface area contributed by atoms with Crippen molar-refractivity contribution in [1.82, 2.24) is 0 Å². The molecule has 0 spiro atoms. The zero-order chi connectivity index (χ0) is 22.1. The Hall–Kier alpha value is -3.26. The summed E-state index contributed by atoms with van der Waals surface area (Å²) in [5.41, 5.74) is -1.19. The first-order chi connectivity index (χ1) is 14.1. The van der Waals surface area contributed by atoms with E-state index in [1.54, 1.807) is 0 Å². The molecule has 0 unspecified atom stereocenters. The van der Waals surface area contributed by atoms with Crippen LogP contribution in [0.15, 0.2) is 47.5 Å². The van der Waals surface area contributed by atoms with E-state index in [0.717, 1.165) is 12.1 Å². The normalized spacial score (nSPS) is 15.7. The number of aliphatic carboxylic acids is 1. The van der Waals surface area contributed by atoms with Crippen LogP contribution in [0.1, 0.15) is 4.11 Å². The fraction of sp³-hybridized carbons (Fsp3) is 0.158. The number of halogens is 2. The van der Waals surface area contributed by atoms with Crippen molar-refractivity contribution < 1.29 is 37.1 Å². The Bertz CT molecular complexity index is 1030. The number of carbonyl (C=O) groups excluding carboxylic acids is 1. The van der Waals surface area contributed by atoms with Gasteiger partial charge in [0.2, 0.25) is 0 Å². The number of hydrogen-bond acceptors (Lipinski definition) is 4. The van der Waals surface area contributed by atoms with Gasteiger partial charge in [-0.25, -0.2) is 13.6 Å². The van der Waals surface area contributed by atoms with E-state index in [4.69, 9.17) is 18.7 Å². The van der Waals surface area contributed by atoms with Crippen LogP contribution in [0, 0.1) is 11.6 Å². The van der Waals surface area contributed by atoms with Gasteiger partial charge in [0, 0.05) is 5.56 Å². The van der Waals surface area contributed by atoms with Gasteiger partial charge in [0.05, 0.1) is 35.5 Å². The van der Waals surface area contributed by atoms with E-state index in [1.165, 1.54) is 24.3 Å². The standard InChI is InChI=1S/C19H15F2NO5/c1-26-16-5-3-2-4-11(16)10-6-14(20)17(15(21)7-10)22-18(23)12-8-27-9-13(12)19(24)25/h2-7H,8-9H2,1H3,(H,22,23)(H,24,25)/i1D3.